The van der Waals surface area contributed by atoms with E-state index in [1.165, 1.54) is 11.8 Å². The summed E-state index contributed by atoms with van der Waals surface area (Å²) in [4.78, 5) is 31.1. The molecular weight excluding hydrogens is 294 g/mol. The molecule has 6 heteroatoms. The monoisotopic (exact) mass is 311 g/mol. The van der Waals surface area contributed by atoms with Crippen molar-refractivity contribution in [2.45, 2.75) is 19.4 Å². The van der Waals surface area contributed by atoms with Crippen LogP contribution in [0.25, 0.3) is 0 Å². The van der Waals surface area contributed by atoms with Gasteiger partial charge in [0.05, 0.1) is 0 Å². The predicted octanol–water partition coefficient (Wildman–Crippen LogP) is 2.22. The Morgan fingerprint density at radius 1 is 1.26 bits per heavy atom. The Bertz CT molecular complexity index is 748. The maximum Gasteiger partial charge on any atom is 0.282 e. The second kappa shape index (κ2) is 5.72. The van der Waals surface area contributed by atoms with Gasteiger partial charge in [0, 0.05) is 18.4 Å². The first-order valence-electron chi connectivity index (χ1n) is 7.38. The second-order valence-corrected chi connectivity index (χ2v) is 5.33. The van der Waals surface area contributed by atoms with Crippen molar-refractivity contribution in [1.82, 2.24) is 4.98 Å². The number of benzene rings is 1. The molecule has 0 aliphatic carbocycles. The summed E-state index contributed by atoms with van der Waals surface area (Å²) in [6.07, 6.45) is 1.59. The first-order chi connectivity index (χ1) is 11.1. The quantitative estimate of drug-likeness (QED) is 0.882. The number of rotatable bonds is 3. The van der Waals surface area contributed by atoms with E-state index in [2.05, 4.69) is 10.3 Å². The Hall–Kier alpha value is -2.89. The minimum Gasteiger partial charge on any atom is -0.464 e. The minimum absolute atomic E-state index is 0.403. The standard InChI is InChI=1S/C17H17N3O3/c1-3-20-14-13(10-7-11-18-14)23-17(2,16(20)22)15(21)19-12-8-5-4-6-9-12/h4-11H,3H2,1-2H3,(H,19,21)/t17-/m1/s1. The second-order valence-electron chi connectivity index (χ2n) is 5.33. The molecular formula is C17H17N3O3. The van der Waals surface area contributed by atoms with E-state index in [-0.39, 0.29) is 0 Å². The molecule has 0 spiro atoms. The van der Waals surface area contributed by atoms with Crippen molar-refractivity contribution in [2.24, 2.45) is 0 Å². The van der Waals surface area contributed by atoms with Gasteiger partial charge in [0.15, 0.2) is 11.6 Å². The van der Waals surface area contributed by atoms with Gasteiger partial charge in [0.2, 0.25) is 0 Å². The molecule has 2 amide bonds. The summed E-state index contributed by atoms with van der Waals surface area (Å²) in [5.41, 5.74) is -1.03. The van der Waals surface area contributed by atoms with Gasteiger partial charge >= 0.3 is 0 Å². The van der Waals surface area contributed by atoms with Gasteiger partial charge in [-0.2, -0.15) is 0 Å². The van der Waals surface area contributed by atoms with E-state index in [1.54, 1.807) is 42.6 Å². The summed E-state index contributed by atoms with van der Waals surface area (Å²) in [6.45, 7) is 3.71. The van der Waals surface area contributed by atoms with Crippen LogP contribution in [-0.2, 0) is 9.59 Å². The lowest BCUT2D eigenvalue weighted by atomic mass is 10.0. The molecule has 0 saturated carbocycles. The van der Waals surface area contributed by atoms with E-state index >= 15 is 0 Å². The largest absolute Gasteiger partial charge is 0.464 e. The molecule has 1 aliphatic heterocycles. The van der Waals surface area contributed by atoms with Crippen molar-refractivity contribution in [2.75, 3.05) is 16.8 Å². The number of likely N-dealkylation sites (N-methyl/N-ethyl adjacent to an activating group) is 1. The fraction of sp³-hybridized carbons (Fsp3) is 0.235. The topological polar surface area (TPSA) is 71.5 Å². The van der Waals surface area contributed by atoms with Gasteiger partial charge in [-0.05, 0) is 38.1 Å². The highest BCUT2D eigenvalue weighted by Crippen LogP contribution is 2.36. The number of para-hydroxylation sites is 1. The Balaban J connectivity index is 1.95. The molecule has 1 N–H and O–H groups in total. The summed E-state index contributed by atoms with van der Waals surface area (Å²) in [7, 11) is 0. The maximum atomic E-state index is 12.8. The van der Waals surface area contributed by atoms with Gasteiger partial charge in [-0.1, -0.05) is 18.2 Å². The zero-order valence-corrected chi connectivity index (χ0v) is 12.9. The first kappa shape index (κ1) is 15.0. The molecule has 2 aromatic rings. The third kappa shape index (κ3) is 2.52. The summed E-state index contributed by atoms with van der Waals surface area (Å²) < 4.78 is 5.73. The number of aromatic nitrogens is 1. The zero-order chi connectivity index (χ0) is 16.4. The molecule has 3 rings (SSSR count). The van der Waals surface area contributed by atoms with Crippen LogP contribution >= 0.6 is 0 Å². The number of carbonyl (C=O) groups excluding carboxylic acids is 2. The number of hydrogen-bond acceptors (Lipinski definition) is 4. The van der Waals surface area contributed by atoms with Gasteiger partial charge in [0.1, 0.15) is 0 Å². The first-order valence-corrected chi connectivity index (χ1v) is 7.38. The average Bonchev–Trinajstić information content (AvgIpc) is 2.57. The summed E-state index contributed by atoms with van der Waals surface area (Å²) in [6, 6.07) is 12.4. The molecule has 6 nitrogen and oxygen atoms in total. The Labute approximate surface area is 134 Å². The molecule has 0 radical (unpaired) electrons. The number of nitrogens with one attached hydrogen (secondary N) is 1. The SMILES string of the molecule is CCN1C(=O)[C@@](C)(C(=O)Nc2ccccc2)Oc2cccnc21. The molecule has 0 fully saturated rings. The number of carbonyl (C=O) groups is 2. The number of ether oxygens (including phenoxy) is 1. The highest BCUT2D eigenvalue weighted by molar-refractivity contribution is 6.19. The smallest absolute Gasteiger partial charge is 0.282 e. The van der Waals surface area contributed by atoms with E-state index in [1.807, 2.05) is 13.0 Å². The molecule has 23 heavy (non-hydrogen) atoms. The van der Waals surface area contributed by atoms with Gasteiger partial charge in [-0.15, -0.1) is 0 Å². The van der Waals surface area contributed by atoms with Crippen LogP contribution < -0.4 is 15.0 Å². The van der Waals surface area contributed by atoms with Crippen molar-refractivity contribution in [3.63, 3.8) is 0 Å². The lowest BCUT2D eigenvalue weighted by Crippen LogP contribution is -2.60. The predicted molar refractivity (Wildman–Crippen MR) is 86.4 cm³/mol. The highest BCUT2D eigenvalue weighted by atomic mass is 16.5. The van der Waals surface area contributed by atoms with Gasteiger partial charge in [-0.3, -0.25) is 14.5 Å². The van der Waals surface area contributed by atoms with Crippen LogP contribution in [0.1, 0.15) is 13.8 Å². The average molecular weight is 311 g/mol. The van der Waals surface area contributed by atoms with Crippen molar-refractivity contribution in [3.05, 3.63) is 48.7 Å². The number of hydrogen-bond donors (Lipinski definition) is 1. The van der Waals surface area contributed by atoms with Crippen LogP contribution in [0.5, 0.6) is 5.75 Å². The maximum absolute atomic E-state index is 12.8. The Morgan fingerprint density at radius 3 is 2.70 bits per heavy atom. The van der Waals surface area contributed by atoms with Crippen molar-refractivity contribution in [1.29, 1.82) is 0 Å². The zero-order valence-electron chi connectivity index (χ0n) is 12.9. The van der Waals surface area contributed by atoms with Crippen molar-refractivity contribution in [3.8, 4) is 5.75 Å². The van der Waals surface area contributed by atoms with Gasteiger partial charge in [0.25, 0.3) is 17.4 Å². The molecule has 0 unspecified atom stereocenters. The van der Waals surface area contributed by atoms with Crippen LogP contribution in [0.2, 0.25) is 0 Å². The molecule has 0 bridgehead atoms. The molecule has 1 atom stereocenters. The lowest BCUT2D eigenvalue weighted by molar-refractivity contribution is -0.145. The van der Waals surface area contributed by atoms with E-state index in [0.29, 0.717) is 23.8 Å². The van der Waals surface area contributed by atoms with Crippen LogP contribution in [0.4, 0.5) is 11.5 Å². The Morgan fingerprint density at radius 2 is 2.00 bits per heavy atom. The fourth-order valence-electron chi connectivity index (χ4n) is 2.49. The molecule has 2 heterocycles. The number of fused-ring (bicyclic) bond motifs is 1. The fourth-order valence-corrected chi connectivity index (χ4v) is 2.49. The normalized spacial score (nSPS) is 19.7. The molecule has 0 saturated heterocycles. The summed E-state index contributed by atoms with van der Waals surface area (Å²) in [5, 5.41) is 2.73. The number of pyridine rings is 1. The van der Waals surface area contributed by atoms with Crippen LogP contribution in [0.15, 0.2) is 48.7 Å². The van der Waals surface area contributed by atoms with Crippen LogP contribution in [0, 0.1) is 0 Å². The van der Waals surface area contributed by atoms with E-state index in [9.17, 15) is 9.59 Å². The van der Waals surface area contributed by atoms with Crippen LogP contribution in [0.3, 0.4) is 0 Å². The summed E-state index contributed by atoms with van der Waals surface area (Å²) in [5.74, 6) is -0.0917. The molecule has 1 aliphatic rings. The number of nitrogens with zero attached hydrogens (tertiary/aromatic N) is 2. The van der Waals surface area contributed by atoms with Gasteiger partial charge < -0.3 is 10.1 Å². The minimum atomic E-state index is -1.64. The van der Waals surface area contributed by atoms with Gasteiger partial charge in [-0.25, -0.2) is 4.98 Å². The molecule has 1 aromatic carbocycles. The molecule has 1 aromatic heterocycles. The van der Waals surface area contributed by atoms with Crippen LogP contribution in [-0.4, -0.2) is 28.9 Å². The number of amides is 2. The van der Waals surface area contributed by atoms with E-state index in [0.717, 1.165) is 0 Å². The number of anilines is 2. The van der Waals surface area contributed by atoms with Crippen molar-refractivity contribution < 1.29 is 14.3 Å². The van der Waals surface area contributed by atoms with E-state index in [4.69, 9.17) is 4.74 Å². The lowest BCUT2D eigenvalue weighted by Gasteiger charge is -2.38. The third-order valence-corrected chi connectivity index (χ3v) is 3.76. The molecule has 118 valence electrons. The highest BCUT2D eigenvalue weighted by Gasteiger charge is 2.50. The third-order valence-electron chi connectivity index (χ3n) is 3.76. The van der Waals surface area contributed by atoms with Crippen molar-refractivity contribution >= 4 is 23.3 Å². The summed E-state index contributed by atoms with van der Waals surface area (Å²) >= 11 is 0. The van der Waals surface area contributed by atoms with E-state index < -0.39 is 17.4 Å². The Kier molecular flexibility index (Phi) is 3.73.